The number of aromatic nitrogens is 5. The number of likely N-dealkylation sites (tertiary alicyclic amines) is 2. The summed E-state index contributed by atoms with van der Waals surface area (Å²) in [7, 11) is 2.54. The molecule has 3 aromatic heterocycles. The molecule has 15 nitrogen and oxygen atoms in total. The van der Waals surface area contributed by atoms with Crippen LogP contribution in [0.5, 0.6) is 0 Å². The van der Waals surface area contributed by atoms with E-state index in [9.17, 15) is 19.2 Å². The van der Waals surface area contributed by atoms with Gasteiger partial charge in [-0.2, -0.15) is 0 Å². The predicted molar refractivity (Wildman–Crippen MR) is 229 cm³/mol. The van der Waals surface area contributed by atoms with Crippen molar-refractivity contribution in [2.24, 2.45) is 0 Å². The van der Waals surface area contributed by atoms with Gasteiger partial charge in [-0.05, 0) is 72.6 Å². The van der Waals surface area contributed by atoms with E-state index in [0.717, 1.165) is 53.8 Å². The molecule has 314 valence electrons. The van der Waals surface area contributed by atoms with Crippen LogP contribution < -0.4 is 10.6 Å². The number of rotatable bonds is 10. The van der Waals surface area contributed by atoms with E-state index in [4.69, 9.17) is 9.47 Å². The molecule has 0 bridgehead atoms. The minimum atomic E-state index is -0.896. The van der Waals surface area contributed by atoms with Crippen molar-refractivity contribution in [3.8, 4) is 34.4 Å². The molecule has 2 fully saturated rings. The molecule has 4 atom stereocenters. The highest BCUT2D eigenvalue weighted by Gasteiger charge is 2.38. The van der Waals surface area contributed by atoms with Crippen LogP contribution in [0, 0.1) is 11.8 Å². The first-order valence-electron chi connectivity index (χ1n) is 20.4. The number of nitrogens with zero attached hydrogens (tertiary/aromatic N) is 5. The topological polar surface area (TPSA) is 188 Å². The van der Waals surface area contributed by atoms with E-state index >= 15 is 0 Å². The maximum absolute atomic E-state index is 13.9. The Kier molecular flexibility index (Phi) is 12.4. The van der Waals surface area contributed by atoms with E-state index in [0.29, 0.717) is 41.6 Å². The second-order valence-corrected chi connectivity index (χ2v) is 15.0. The Morgan fingerprint density at radius 3 is 1.56 bits per heavy atom. The summed E-state index contributed by atoms with van der Waals surface area (Å²) >= 11 is 0. The minimum Gasteiger partial charge on any atom is -0.453 e. The fourth-order valence-electron chi connectivity index (χ4n) is 7.98. The van der Waals surface area contributed by atoms with Gasteiger partial charge in [-0.3, -0.25) is 9.59 Å². The largest absolute Gasteiger partial charge is 0.453 e. The third-order valence-electron chi connectivity index (χ3n) is 11.2. The molecule has 0 radical (unpaired) electrons. The highest BCUT2D eigenvalue weighted by molar-refractivity contribution is 5.88. The molecule has 62 heavy (non-hydrogen) atoms. The van der Waals surface area contributed by atoms with Crippen LogP contribution in [-0.4, -0.2) is 86.0 Å². The lowest BCUT2D eigenvalue weighted by atomic mass is 10.1. The summed E-state index contributed by atoms with van der Waals surface area (Å²) in [5.74, 6) is 7.21. The van der Waals surface area contributed by atoms with Gasteiger partial charge in [0.25, 0.3) is 11.8 Å². The van der Waals surface area contributed by atoms with Gasteiger partial charge in [-0.1, -0.05) is 78.7 Å². The second kappa shape index (κ2) is 18.7. The number of benzene rings is 3. The number of methoxy groups -OCH3 is 2. The van der Waals surface area contributed by atoms with E-state index in [-0.39, 0.29) is 23.9 Å². The number of amides is 4. The lowest BCUT2D eigenvalue weighted by Gasteiger charge is -2.28. The van der Waals surface area contributed by atoms with Crippen LogP contribution in [-0.2, 0) is 19.1 Å². The minimum absolute atomic E-state index is 0.226. The molecule has 2 aliphatic rings. The fourth-order valence-corrected chi connectivity index (χ4v) is 7.98. The summed E-state index contributed by atoms with van der Waals surface area (Å²) in [5, 5.41) is 5.40. The highest BCUT2D eigenvalue weighted by atomic mass is 16.5. The second-order valence-electron chi connectivity index (χ2n) is 15.0. The van der Waals surface area contributed by atoms with E-state index in [1.807, 2.05) is 84.9 Å². The molecule has 2 saturated heterocycles. The van der Waals surface area contributed by atoms with Crippen LogP contribution in [0.4, 0.5) is 9.59 Å². The average Bonchev–Trinajstić information content (AvgIpc) is 4.17. The van der Waals surface area contributed by atoms with Crippen LogP contribution in [0.2, 0.25) is 0 Å². The molecule has 0 saturated carbocycles. The van der Waals surface area contributed by atoms with Gasteiger partial charge in [0.15, 0.2) is 0 Å². The summed E-state index contributed by atoms with van der Waals surface area (Å²) in [6.45, 7) is 1.08. The molecule has 2 aliphatic heterocycles. The molecule has 0 unspecified atom stereocenters. The van der Waals surface area contributed by atoms with Crippen molar-refractivity contribution in [2.75, 3.05) is 27.3 Å². The summed E-state index contributed by atoms with van der Waals surface area (Å²) in [4.78, 5) is 76.4. The number of carbonyl (C=O) groups is 4. The zero-order valence-electron chi connectivity index (χ0n) is 34.2. The lowest BCUT2D eigenvalue weighted by molar-refractivity contribution is -0.135. The molecule has 15 heteroatoms. The van der Waals surface area contributed by atoms with Crippen LogP contribution in [0.15, 0.2) is 116 Å². The first-order valence-corrected chi connectivity index (χ1v) is 20.4. The fraction of sp³-hybridized carbons (Fsp3) is 0.255. The van der Waals surface area contributed by atoms with E-state index in [2.05, 4.69) is 47.4 Å². The monoisotopic (exact) mass is 831 g/mol. The standard InChI is InChI=1S/C47H45N9O6/c1-61-46(59)53-40(32-11-5-3-6-12-32)44(57)55-25-9-15-38(55)42-49-28-36(51-42)31-20-17-30(18-21-31)19-23-35-24-22-34(27-48-35)37-29-50-43(52-37)39-16-10-26-56(39)45(58)41(54-47(60)62-2)33-13-7-4-8-14-33/h3-8,11-14,17-18,20-22,24,27-29,38-41H,9-10,15-16,25-26H2,1-2H3,(H,49,51)(H,50,52)(H,53,59)(H,54,60)/t38-,39-,40+,41+/m0/s1. The number of hydrogen-bond donors (Lipinski definition) is 4. The van der Waals surface area contributed by atoms with Crippen molar-refractivity contribution in [3.63, 3.8) is 0 Å². The zero-order valence-corrected chi connectivity index (χ0v) is 34.2. The molecular formula is C47H45N9O6. The smallest absolute Gasteiger partial charge is 0.407 e. The van der Waals surface area contributed by atoms with Crippen molar-refractivity contribution >= 4 is 24.0 Å². The Morgan fingerprint density at radius 1 is 0.613 bits per heavy atom. The first kappa shape index (κ1) is 41.0. The average molecular weight is 832 g/mol. The number of imidazole rings is 2. The van der Waals surface area contributed by atoms with Crippen molar-refractivity contribution in [3.05, 3.63) is 150 Å². The van der Waals surface area contributed by atoms with E-state index < -0.39 is 24.3 Å². The molecule has 0 spiro atoms. The number of pyridine rings is 1. The zero-order chi connectivity index (χ0) is 43.0. The molecule has 8 rings (SSSR count). The SMILES string of the molecule is COC(=O)N[C@@H](C(=O)N1CCC[C@H]1c1ncc(-c2ccc(C#Cc3ccc(-c4cnc([C@@H]5CCCN5C(=O)[C@H](NC(=O)OC)c5ccccc5)[nH]4)cn3)cc2)[nH]1)c1ccccc1. The number of ether oxygens (including phenoxy) is 2. The number of nitrogens with one attached hydrogen (secondary N) is 4. The van der Waals surface area contributed by atoms with Gasteiger partial charge < -0.3 is 39.9 Å². The molecule has 3 aromatic carbocycles. The predicted octanol–water partition coefficient (Wildman–Crippen LogP) is 6.78. The van der Waals surface area contributed by atoms with Crippen molar-refractivity contribution in [1.82, 2.24) is 45.4 Å². The molecule has 6 aromatic rings. The third-order valence-corrected chi connectivity index (χ3v) is 11.2. The van der Waals surface area contributed by atoms with Crippen LogP contribution >= 0.6 is 0 Å². The Morgan fingerprint density at radius 2 is 1.10 bits per heavy atom. The number of H-pyrrole nitrogens is 2. The Hall–Kier alpha value is -7.73. The van der Waals surface area contributed by atoms with Crippen LogP contribution in [0.25, 0.3) is 22.5 Å². The maximum atomic E-state index is 13.9. The summed E-state index contributed by atoms with van der Waals surface area (Å²) in [6.07, 6.45) is 6.95. The number of aromatic amines is 2. The first-order chi connectivity index (χ1) is 30.3. The van der Waals surface area contributed by atoms with E-state index in [1.54, 1.807) is 40.5 Å². The Labute approximate surface area is 358 Å². The summed E-state index contributed by atoms with van der Waals surface area (Å²) < 4.78 is 9.63. The van der Waals surface area contributed by atoms with Gasteiger partial charge in [0.1, 0.15) is 29.4 Å². The van der Waals surface area contributed by atoms with Gasteiger partial charge in [-0.25, -0.2) is 24.5 Å². The van der Waals surface area contributed by atoms with Crippen molar-refractivity contribution in [1.29, 1.82) is 0 Å². The molecule has 5 heterocycles. The third kappa shape index (κ3) is 9.04. The van der Waals surface area contributed by atoms with Crippen LogP contribution in [0.3, 0.4) is 0 Å². The molecule has 0 aliphatic carbocycles. The van der Waals surface area contributed by atoms with Crippen molar-refractivity contribution < 1.29 is 28.7 Å². The quantitative estimate of drug-likeness (QED) is 0.108. The lowest BCUT2D eigenvalue weighted by Crippen LogP contribution is -2.42. The Balaban J connectivity index is 0.901. The molecular weight excluding hydrogens is 787 g/mol. The maximum Gasteiger partial charge on any atom is 0.407 e. The summed E-state index contributed by atoms with van der Waals surface area (Å²) in [5.41, 5.74) is 6.05. The highest BCUT2D eigenvalue weighted by Crippen LogP contribution is 2.35. The Bertz CT molecular complexity index is 2410. The van der Waals surface area contributed by atoms with Crippen LogP contribution in [0.1, 0.15) is 83.9 Å². The molecule has 4 N–H and O–H groups in total. The normalized spacial score (nSPS) is 16.7. The van der Waals surface area contributed by atoms with Gasteiger partial charge in [0.2, 0.25) is 0 Å². The van der Waals surface area contributed by atoms with Gasteiger partial charge >= 0.3 is 12.2 Å². The number of hydrogen-bond acceptors (Lipinski definition) is 9. The number of carbonyl (C=O) groups excluding carboxylic acids is 4. The van der Waals surface area contributed by atoms with E-state index in [1.165, 1.54) is 14.2 Å². The number of alkyl carbamates (subject to hydrolysis) is 2. The summed E-state index contributed by atoms with van der Waals surface area (Å²) in [6, 6.07) is 27.5. The van der Waals surface area contributed by atoms with Gasteiger partial charge in [-0.15, -0.1) is 0 Å². The van der Waals surface area contributed by atoms with Crippen molar-refractivity contribution in [2.45, 2.75) is 49.9 Å². The molecule has 4 amide bonds. The van der Waals surface area contributed by atoms with Gasteiger partial charge in [0.05, 0.1) is 50.1 Å². The van der Waals surface area contributed by atoms with Gasteiger partial charge in [0, 0.05) is 30.4 Å².